The van der Waals surface area contributed by atoms with Crippen molar-refractivity contribution < 1.29 is 0 Å². The van der Waals surface area contributed by atoms with Crippen LogP contribution in [0.3, 0.4) is 0 Å². The molecule has 0 aromatic carbocycles. The lowest BCUT2D eigenvalue weighted by Gasteiger charge is -2.22. The topological polar surface area (TPSA) is 52.8 Å². The summed E-state index contributed by atoms with van der Waals surface area (Å²) >= 11 is 1.87. The third kappa shape index (κ3) is 2.70. The van der Waals surface area contributed by atoms with Crippen molar-refractivity contribution in [2.24, 2.45) is 5.92 Å². The first kappa shape index (κ1) is 14.9. The molecular weight excluding hydrogens is 304 g/mol. The second kappa shape index (κ2) is 5.76. The highest BCUT2D eigenvalue weighted by atomic mass is 32.1. The van der Waals surface area contributed by atoms with E-state index in [1.165, 1.54) is 52.8 Å². The number of nitriles is 1. The molecule has 0 aliphatic heterocycles. The monoisotopic (exact) mass is 326 g/mol. The molecule has 0 radical (unpaired) electrons. The van der Waals surface area contributed by atoms with Gasteiger partial charge in [0, 0.05) is 24.4 Å². The first-order valence-electron chi connectivity index (χ1n) is 8.60. The molecule has 0 N–H and O–H groups in total. The minimum atomic E-state index is 0.00357. The number of hydrogen-bond donors (Lipinski definition) is 0. The molecular formula is C18H22N4S. The predicted molar refractivity (Wildman–Crippen MR) is 94.1 cm³/mol. The van der Waals surface area contributed by atoms with E-state index < -0.39 is 0 Å². The van der Waals surface area contributed by atoms with E-state index in [1.54, 1.807) is 0 Å². The second-order valence-electron chi connectivity index (χ2n) is 6.98. The van der Waals surface area contributed by atoms with Gasteiger partial charge in [-0.15, -0.1) is 11.3 Å². The van der Waals surface area contributed by atoms with Crippen molar-refractivity contribution >= 4 is 27.4 Å². The molecule has 2 aromatic rings. The van der Waals surface area contributed by atoms with Crippen LogP contribution < -0.4 is 4.90 Å². The van der Waals surface area contributed by atoms with Crippen LogP contribution in [0.15, 0.2) is 0 Å². The van der Waals surface area contributed by atoms with Gasteiger partial charge in [0.15, 0.2) is 0 Å². The third-order valence-corrected chi connectivity index (χ3v) is 6.07. The Balaban J connectivity index is 1.85. The maximum absolute atomic E-state index is 9.14. The smallest absolute Gasteiger partial charge is 0.141 e. The fraction of sp³-hybridized carbons (Fsp3) is 0.611. The molecule has 1 saturated carbocycles. The Bertz CT molecular complexity index is 784. The molecule has 0 saturated heterocycles. The summed E-state index contributed by atoms with van der Waals surface area (Å²) < 4.78 is 0. The van der Waals surface area contributed by atoms with E-state index in [9.17, 15) is 0 Å². The van der Waals surface area contributed by atoms with Crippen LogP contribution in [0.4, 0.5) is 5.82 Å². The Morgan fingerprint density at radius 2 is 2.09 bits per heavy atom. The lowest BCUT2D eigenvalue weighted by molar-refractivity contribution is 0.696. The van der Waals surface area contributed by atoms with Gasteiger partial charge in [0.05, 0.1) is 17.4 Å². The van der Waals surface area contributed by atoms with Gasteiger partial charge in [0.2, 0.25) is 0 Å². The summed E-state index contributed by atoms with van der Waals surface area (Å²) in [5.41, 5.74) is 1.48. The van der Waals surface area contributed by atoms with Gasteiger partial charge in [-0.05, 0) is 51.0 Å². The molecule has 4 rings (SSSR count). The van der Waals surface area contributed by atoms with E-state index in [2.05, 4.69) is 18.0 Å². The largest absolute Gasteiger partial charge is 0.358 e. The summed E-state index contributed by atoms with van der Waals surface area (Å²) in [6.07, 6.45) is 7.33. The highest BCUT2D eigenvalue weighted by Crippen LogP contribution is 2.44. The molecule has 4 nitrogen and oxygen atoms in total. The van der Waals surface area contributed by atoms with Gasteiger partial charge >= 0.3 is 0 Å². The molecule has 0 amide bonds. The van der Waals surface area contributed by atoms with Gasteiger partial charge in [-0.1, -0.05) is 0 Å². The van der Waals surface area contributed by atoms with Crippen LogP contribution in [-0.2, 0) is 12.8 Å². The molecule has 2 heterocycles. The van der Waals surface area contributed by atoms with Crippen LogP contribution in [0, 0.1) is 17.2 Å². The maximum atomic E-state index is 9.14. The Labute approximate surface area is 141 Å². The Morgan fingerprint density at radius 1 is 1.30 bits per heavy atom. The molecule has 120 valence electrons. The molecule has 2 aliphatic rings. The number of aryl methyl sites for hydroxylation is 2. The molecule has 1 unspecified atom stereocenters. The van der Waals surface area contributed by atoms with Crippen molar-refractivity contribution in [2.45, 2.75) is 51.4 Å². The van der Waals surface area contributed by atoms with Gasteiger partial charge in [-0.2, -0.15) is 5.26 Å². The van der Waals surface area contributed by atoms with Gasteiger partial charge in [0.1, 0.15) is 16.5 Å². The van der Waals surface area contributed by atoms with E-state index >= 15 is 0 Å². The summed E-state index contributed by atoms with van der Waals surface area (Å²) in [5.74, 6) is 2.63. The normalized spacial score (nSPS) is 18.5. The summed E-state index contributed by atoms with van der Waals surface area (Å²) in [6.45, 7) is 2.69. The fourth-order valence-electron chi connectivity index (χ4n) is 3.49. The second-order valence-corrected chi connectivity index (χ2v) is 8.07. The van der Waals surface area contributed by atoms with E-state index in [0.29, 0.717) is 5.92 Å². The highest BCUT2D eigenvalue weighted by molar-refractivity contribution is 7.19. The van der Waals surface area contributed by atoms with Crippen LogP contribution in [0.2, 0.25) is 0 Å². The average Bonchev–Trinajstić information content (AvgIpc) is 3.34. The molecule has 0 bridgehead atoms. The number of aromatic nitrogens is 2. The van der Waals surface area contributed by atoms with Crippen molar-refractivity contribution in [3.05, 3.63) is 16.3 Å². The molecule has 2 aliphatic carbocycles. The fourth-order valence-corrected chi connectivity index (χ4v) is 4.76. The summed E-state index contributed by atoms with van der Waals surface area (Å²) in [6, 6.07) is 2.34. The number of hydrogen-bond acceptors (Lipinski definition) is 5. The van der Waals surface area contributed by atoms with Crippen molar-refractivity contribution in [1.29, 1.82) is 5.26 Å². The van der Waals surface area contributed by atoms with Crippen LogP contribution in [0.1, 0.15) is 54.8 Å². The zero-order valence-electron chi connectivity index (χ0n) is 13.8. The van der Waals surface area contributed by atoms with E-state index in [0.717, 1.165) is 24.6 Å². The number of fused-ring (bicyclic) bond motifs is 3. The Morgan fingerprint density at radius 3 is 2.83 bits per heavy atom. The van der Waals surface area contributed by atoms with Crippen LogP contribution >= 0.6 is 11.3 Å². The van der Waals surface area contributed by atoms with Gasteiger partial charge in [-0.25, -0.2) is 9.97 Å². The van der Waals surface area contributed by atoms with Gasteiger partial charge < -0.3 is 4.90 Å². The minimum absolute atomic E-state index is 0.00357. The van der Waals surface area contributed by atoms with Crippen LogP contribution in [0.25, 0.3) is 10.2 Å². The molecule has 1 atom stereocenters. The molecule has 5 heteroatoms. The minimum Gasteiger partial charge on any atom is -0.358 e. The van der Waals surface area contributed by atoms with E-state index in [1.807, 2.05) is 18.3 Å². The average molecular weight is 326 g/mol. The third-order valence-electron chi connectivity index (χ3n) is 4.89. The zero-order valence-corrected chi connectivity index (χ0v) is 14.6. The first-order chi connectivity index (χ1) is 11.2. The molecule has 0 spiro atoms. The molecule has 2 aromatic heterocycles. The number of nitrogens with zero attached hydrogens (tertiary/aromatic N) is 4. The highest BCUT2D eigenvalue weighted by Gasteiger charge is 2.30. The maximum Gasteiger partial charge on any atom is 0.141 e. The van der Waals surface area contributed by atoms with E-state index in [-0.39, 0.29) is 5.92 Å². The quantitative estimate of drug-likeness (QED) is 0.851. The Hall–Kier alpha value is -1.67. The van der Waals surface area contributed by atoms with Crippen molar-refractivity contribution in [3.63, 3.8) is 0 Å². The summed E-state index contributed by atoms with van der Waals surface area (Å²) in [5, 5.41) is 10.4. The molecule has 23 heavy (non-hydrogen) atoms. The lowest BCUT2D eigenvalue weighted by atomic mass is 9.97. The molecule has 1 fully saturated rings. The van der Waals surface area contributed by atoms with Crippen LogP contribution in [0.5, 0.6) is 0 Å². The summed E-state index contributed by atoms with van der Waals surface area (Å²) in [7, 11) is 2.07. The van der Waals surface area contributed by atoms with E-state index in [4.69, 9.17) is 15.2 Å². The predicted octanol–water partition coefficient (Wildman–Crippen LogP) is 4.04. The number of rotatable bonds is 4. The number of thiophene rings is 1. The summed E-state index contributed by atoms with van der Waals surface area (Å²) in [4.78, 5) is 14.7. The van der Waals surface area contributed by atoms with Crippen LogP contribution in [-0.4, -0.2) is 23.6 Å². The van der Waals surface area contributed by atoms with Gasteiger partial charge in [0.25, 0.3) is 0 Å². The Kier molecular flexibility index (Phi) is 3.73. The van der Waals surface area contributed by atoms with Crippen molar-refractivity contribution in [3.8, 4) is 6.07 Å². The van der Waals surface area contributed by atoms with Crippen molar-refractivity contribution in [2.75, 3.05) is 18.5 Å². The SMILES string of the molecule is CC(C#N)CN(C)c1nc(C2CC2)nc2sc3c(c12)CCCC3. The van der Waals surface area contributed by atoms with Crippen molar-refractivity contribution in [1.82, 2.24) is 9.97 Å². The van der Waals surface area contributed by atoms with Gasteiger partial charge in [-0.3, -0.25) is 0 Å². The number of anilines is 1. The zero-order chi connectivity index (χ0) is 16.0. The standard InChI is InChI=1S/C18H22N4S/c1-11(9-19)10-22(2)17-15-13-5-3-4-6-14(13)23-18(15)21-16(20-17)12-7-8-12/h11-12H,3-8,10H2,1-2H3. The first-order valence-corrected chi connectivity index (χ1v) is 9.42. The lowest BCUT2D eigenvalue weighted by Crippen LogP contribution is -2.25.